The first-order valence-corrected chi connectivity index (χ1v) is 4.59. The van der Waals surface area contributed by atoms with Gasteiger partial charge in [-0.05, 0) is 6.92 Å². The van der Waals surface area contributed by atoms with Crippen LogP contribution in [0.3, 0.4) is 0 Å². The quantitative estimate of drug-likeness (QED) is 0.586. The summed E-state index contributed by atoms with van der Waals surface area (Å²) < 4.78 is 5.58. The monoisotopic (exact) mass is 209 g/mol. The molecule has 80 valence electrons. The van der Waals surface area contributed by atoms with Crippen LogP contribution in [0.1, 0.15) is 6.92 Å². The lowest BCUT2D eigenvalue weighted by Gasteiger charge is -2.38. The van der Waals surface area contributed by atoms with E-state index in [1.54, 1.807) is 0 Å². The molecule has 0 radical (unpaired) electrons. The van der Waals surface area contributed by atoms with Crippen LogP contribution in [0.25, 0.3) is 0 Å². The summed E-state index contributed by atoms with van der Waals surface area (Å²) in [5, 5.41) is 13.5. The first kappa shape index (κ1) is 9.85. The van der Waals surface area contributed by atoms with Gasteiger partial charge in [0.15, 0.2) is 0 Å². The fourth-order valence-electron chi connectivity index (χ4n) is 1.34. The Balaban J connectivity index is 2.07. The van der Waals surface area contributed by atoms with E-state index in [0.717, 1.165) is 13.1 Å². The van der Waals surface area contributed by atoms with Crippen molar-refractivity contribution in [3.05, 3.63) is 28.4 Å². The zero-order chi connectivity index (χ0) is 10.9. The van der Waals surface area contributed by atoms with Crippen LogP contribution in [-0.4, -0.2) is 28.6 Å². The maximum atomic E-state index is 10.4. The molecule has 0 aromatic carbocycles. The van der Waals surface area contributed by atoms with E-state index in [0.29, 0.717) is 5.88 Å². The molecule has 0 unspecified atom stereocenters. The van der Waals surface area contributed by atoms with E-state index in [2.05, 4.69) is 10.3 Å². The smallest absolute Gasteiger partial charge is 0.287 e. The molecular weight excluding hydrogens is 198 g/mol. The van der Waals surface area contributed by atoms with Crippen LogP contribution in [0, 0.1) is 10.1 Å². The van der Waals surface area contributed by atoms with E-state index in [9.17, 15) is 10.1 Å². The van der Waals surface area contributed by atoms with E-state index in [1.165, 1.54) is 18.3 Å². The van der Waals surface area contributed by atoms with E-state index >= 15 is 0 Å². The third-order valence-electron chi connectivity index (χ3n) is 2.28. The van der Waals surface area contributed by atoms with E-state index in [-0.39, 0.29) is 11.3 Å². The summed E-state index contributed by atoms with van der Waals surface area (Å²) in [7, 11) is 0. The van der Waals surface area contributed by atoms with Crippen molar-refractivity contribution < 1.29 is 9.66 Å². The lowest BCUT2D eigenvalue weighted by molar-refractivity contribution is -0.385. The number of pyridine rings is 1. The Labute approximate surface area is 86.4 Å². The fraction of sp³-hybridized carbons (Fsp3) is 0.444. The molecular formula is C9H11N3O3. The third-order valence-corrected chi connectivity index (χ3v) is 2.28. The predicted molar refractivity (Wildman–Crippen MR) is 52.8 cm³/mol. The molecule has 0 amide bonds. The summed E-state index contributed by atoms with van der Waals surface area (Å²) in [6.45, 7) is 3.50. The number of nitrogens with zero attached hydrogens (tertiary/aromatic N) is 2. The summed E-state index contributed by atoms with van der Waals surface area (Å²) in [4.78, 5) is 13.8. The third kappa shape index (κ3) is 2.04. The van der Waals surface area contributed by atoms with Crippen molar-refractivity contribution in [1.29, 1.82) is 0 Å². The maximum Gasteiger partial charge on any atom is 0.287 e. The van der Waals surface area contributed by atoms with Gasteiger partial charge < -0.3 is 10.1 Å². The average molecular weight is 209 g/mol. The zero-order valence-corrected chi connectivity index (χ0v) is 8.27. The highest BCUT2D eigenvalue weighted by molar-refractivity contribution is 5.29. The van der Waals surface area contributed by atoms with Crippen LogP contribution < -0.4 is 10.1 Å². The minimum Gasteiger partial charge on any atom is -0.469 e. The largest absolute Gasteiger partial charge is 0.469 e. The van der Waals surface area contributed by atoms with Crippen molar-refractivity contribution in [2.45, 2.75) is 12.5 Å². The summed E-state index contributed by atoms with van der Waals surface area (Å²) in [5.41, 5.74) is -0.261. The Hall–Kier alpha value is -1.69. The van der Waals surface area contributed by atoms with Gasteiger partial charge in [-0.3, -0.25) is 10.1 Å². The van der Waals surface area contributed by atoms with Crippen LogP contribution in [0.15, 0.2) is 18.3 Å². The van der Waals surface area contributed by atoms with E-state index in [1.807, 2.05) is 6.92 Å². The SMILES string of the molecule is CC1(Oc2ccc([N+](=O)[O-])cn2)CNC1. The Kier molecular flexibility index (Phi) is 2.28. The standard InChI is InChI=1S/C9H11N3O3/c1-9(5-10-6-9)15-8-3-2-7(4-11-8)12(13)14/h2-4,10H,5-6H2,1H3. The second-order valence-corrected chi connectivity index (χ2v) is 3.77. The van der Waals surface area contributed by atoms with Crippen molar-refractivity contribution in [3.63, 3.8) is 0 Å². The Morgan fingerprint density at radius 3 is 2.73 bits per heavy atom. The molecule has 0 spiro atoms. The van der Waals surface area contributed by atoms with Crippen LogP contribution in [0.2, 0.25) is 0 Å². The van der Waals surface area contributed by atoms with Gasteiger partial charge in [0.05, 0.1) is 4.92 Å². The molecule has 2 heterocycles. The first-order chi connectivity index (χ1) is 7.09. The lowest BCUT2D eigenvalue weighted by atomic mass is 10.0. The van der Waals surface area contributed by atoms with Crippen molar-refractivity contribution in [2.75, 3.05) is 13.1 Å². The molecule has 2 rings (SSSR count). The van der Waals surface area contributed by atoms with Gasteiger partial charge in [0.25, 0.3) is 5.69 Å². The fourth-order valence-corrected chi connectivity index (χ4v) is 1.34. The molecule has 0 aliphatic carbocycles. The maximum absolute atomic E-state index is 10.4. The second kappa shape index (κ2) is 3.47. The Morgan fingerprint density at radius 2 is 2.33 bits per heavy atom. The number of hydrogen-bond donors (Lipinski definition) is 1. The van der Waals surface area contributed by atoms with Crippen molar-refractivity contribution in [3.8, 4) is 5.88 Å². The molecule has 1 N–H and O–H groups in total. The summed E-state index contributed by atoms with van der Waals surface area (Å²) in [6, 6.07) is 2.90. The Bertz CT molecular complexity index is 373. The Morgan fingerprint density at radius 1 is 1.60 bits per heavy atom. The first-order valence-electron chi connectivity index (χ1n) is 4.59. The highest BCUT2D eigenvalue weighted by atomic mass is 16.6. The molecule has 6 heteroatoms. The van der Waals surface area contributed by atoms with Crippen LogP contribution in [0.4, 0.5) is 5.69 Å². The van der Waals surface area contributed by atoms with Gasteiger partial charge in [-0.25, -0.2) is 4.98 Å². The summed E-state index contributed by atoms with van der Waals surface area (Å²) in [6.07, 6.45) is 1.20. The van der Waals surface area contributed by atoms with Gasteiger partial charge >= 0.3 is 0 Å². The number of aromatic nitrogens is 1. The molecule has 15 heavy (non-hydrogen) atoms. The summed E-state index contributed by atoms with van der Waals surface area (Å²) >= 11 is 0. The highest BCUT2D eigenvalue weighted by Crippen LogP contribution is 2.21. The molecule has 6 nitrogen and oxygen atoms in total. The van der Waals surface area contributed by atoms with Gasteiger partial charge in [0.1, 0.15) is 11.8 Å². The number of nitrogens with one attached hydrogen (secondary N) is 1. The van der Waals surface area contributed by atoms with Crippen molar-refractivity contribution in [2.24, 2.45) is 0 Å². The van der Waals surface area contributed by atoms with Gasteiger partial charge in [-0.1, -0.05) is 0 Å². The van der Waals surface area contributed by atoms with E-state index < -0.39 is 4.92 Å². The number of rotatable bonds is 3. The summed E-state index contributed by atoms with van der Waals surface area (Å²) in [5.74, 6) is 0.421. The molecule has 0 atom stereocenters. The normalized spacial score (nSPS) is 17.9. The number of hydrogen-bond acceptors (Lipinski definition) is 5. The molecule has 1 aliphatic heterocycles. The molecule has 1 fully saturated rings. The predicted octanol–water partition coefficient (Wildman–Crippen LogP) is 0.730. The van der Waals surface area contributed by atoms with Crippen molar-refractivity contribution >= 4 is 5.69 Å². The zero-order valence-electron chi connectivity index (χ0n) is 8.27. The minimum atomic E-state index is -0.483. The van der Waals surface area contributed by atoms with Crippen molar-refractivity contribution in [1.82, 2.24) is 10.3 Å². The van der Waals surface area contributed by atoms with Gasteiger partial charge in [0, 0.05) is 25.2 Å². The lowest BCUT2D eigenvalue weighted by Crippen LogP contribution is -2.61. The number of nitro groups is 1. The molecule has 1 saturated heterocycles. The van der Waals surface area contributed by atoms with Gasteiger partial charge in [-0.15, -0.1) is 0 Å². The minimum absolute atomic E-state index is 0.0285. The molecule has 1 aromatic rings. The second-order valence-electron chi connectivity index (χ2n) is 3.77. The topological polar surface area (TPSA) is 77.3 Å². The molecule has 1 aliphatic rings. The molecule has 0 saturated carbocycles. The van der Waals surface area contributed by atoms with Gasteiger partial charge in [0.2, 0.25) is 5.88 Å². The number of ether oxygens (including phenoxy) is 1. The molecule has 0 bridgehead atoms. The van der Waals surface area contributed by atoms with Crippen LogP contribution in [0.5, 0.6) is 5.88 Å². The average Bonchev–Trinajstić information content (AvgIpc) is 2.16. The highest BCUT2D eigenvalue weighted by Gasteiger charge is 2.34. The van der Waals surface area contributed by atoms with Crippen LogP contribution >= 0.6 is 0 Å². The van der Waals surface area contributed by atoms with Crippen LogP contribution in [-0.2, 0) is 0 Å². The molecule has 1 aromatic heterocycles. The van der Waals surface area contributed by atoms with E-state index in [4.69, 9.17) is 4.74 Å². The van der Waals surface area contributed by atoms with Gasteiger partial charge in [-0.2, -0.15) is 0 Å².